The molecule has 1 rings (SSSR count). The molecule has 0 atom stereocenters. The fourth-order valence-electron chi connectivity index (χ4n) is 2.58. The van der Waals surface area contributed by atoms with E-state index in [9.17, 15) is 4.79 Å². The maximum Gasteiger partial charge on any atom is 0.330 e. The number of hydrogen-bond acceptors (Lipinski definition) is 3. The Hall–Kier alpha value is -1.77. The van der Waals surface area contributed by atoms with Crippen LogP contribution in [0.2, 0.25) is 0 Å². The van der Waals surface area contributed by atoms with Crippen molar-refractivity contribution in [2.75, 3.05) is 12.3 Å². The number of nitrogen functional groups attached to an aromatic ring is 1. The Morgan fingerprint density at radius 2 is 1.46 bits per heavy atom. The summed E-state index contributed by atoms with van der Waals surface area (Å²) in [6.07, 6.45) is 16.0. The average molecular weight is 332 g/mol. The van der Waals surface area contributed by atoms with E-state index >= 15 is 0 Å². The molecule has 0 aliphatic carbocycles. The molecule has 1 aromatic carbocycles. The molecule has 0 fully saturated rings. The van der Waals surface area contributed by atoms with Crippen molar-refractivity contribution in [2.45, 2.75) is 71.1 Å². The van der Waals surface area contributed by atoms with Crippen LogP contribution >= 0.6 is 0 Å². The van der Waals surface area contributed by atoms with Crippen LogP contribution in [0.1, 0.15) is 76.7 Å². The number of rotatable bonds is 13. The summed E-state index contributed by atoms with van der Waals surface area (Å²) in [4.78, 5) is 11.6. The van der Waals surface area contributed by atoms with E-state index in [0.29, 0.717) is 6.61 Å². The zero-order chi connectivity index (χ0) is 17.5. The molecule has 0 aliphatic rings. The van der Waals surface area contributed by atoms with Crippen molar-refractivity contribution in [1.82, 2.24) is 0 Å². The first-order valence-corrected chi connectivity index (χ1v) is 9.42. The predicted octanol–water partition coefficient (Wildman–Crippen LogP) is 5.75. The quantitative estimate of drug-likeness (QED) is 0.217. The molecule has 3 nitrogen and oxygen atoms in total. The normalized spacial score (nSPS) is 11.0. The number of ether oxygens (including phenoxy) is 1. The van der Waals surface area contributed by atoms with Crippen molar-refractivity contribution >= 4 is 17.7 Å². The maximum atomic E-state index is 11.6. The molecule has 0 heterocycles. The second kappa shape index (κ2) is 13.6. The van der Waals surface area contributed by atoms with E-state index in [4.69, 9.17) is 10.5 Å². The number of carbonyl (C=O) groups excluding carboxylic acids is 1. The molecule has 3 heteroatoms. The van der Waals surface area contributed by atoms with Gasteiger partial charge in [-0.15, -0.1) is 0 Å². The van der Waals surface area contributed by atoms with Crippen molar-refractivity contribution < 1.29 is 9.53 Å². The van der Waals surface area contributed by atoms with Crippen molar-refractivity contribution in [3.63, 3.8) is 0 Å². The average Bonchev–Trinajstić information content (AvgIpc) is 2.59. The fraction of sp³-hybridized carbons (Fsp3) is 0.571. The van der Waals surface area contributed by atoms with Gasteiger partial charge in [0.15, 0.2) is 0 Å². The number of unbranched alkanes of at least 4 members (excludes halogenated alkanes) is 9. The second-order valence-corrected chi connectivity index (χ2v) is 6.35. The Balaban J connectivity index is 1.95. The molecule has 0 bridgehead atoms. The number of nitrogens with two attached hydrogens (primary N) is 1. The highest BCUT2D eigenvalue weighted by molar-refractivity contribution is 5.87. The molecule has 0 saturated heterocycles. The first kappa shape index (κ1) is 20.3. The third kappa shape index (κ3) is 10.9. The van der Waals surface area contributed by atoms with Gasteiger partial charge in [0.25, 0.3) is 0 Å². The maximum absolute atomic E-state index is 11.6. The van der Waals surface area contributed by atoms with Gasteiger partial charge in [0.05, 0.1) is 6.61 Å². The molecule has 0 saturated carbocycles. The van der Waals surface area contributed by atoms with Crippen LogP contribution in [0.15, 0.2) is 30.3 Å². The Labute approximate surface area is 147 Å². The smallest absolute Gasteiger partial charge is 0.330 e. The summed E-state index contributed by atoms with van der Waals surface area (Å²) < 4.78 is 5.21. The van der Waals surface area contributed by atoms with Gasteiger partial charge in [0, 0.05) is 11.8 Å². The van der Waals surface area contributed by atoms with Gasteiger partial charge in [-0.2, -0.15) is 0 Å². The van der Waals surface area contributed by atoms with Crippen LogP contribution in [0, 0.1) is 0 Å². The van der Waals surface area contributed by atoms with Crippen LogP contribution in [-0.2, 0) is 9.53 Å². The van der Waals surface area contributed by atoms with Crippen molar-refractivity contribution in [1.29, 1.82) is 0 Å². The van der Waals surface area contributed by atoms with Crippen LogP contribution in [0.5, 0.6) is 0 Å². The molecule has 1 aromatic rings. The van der Waals surface area contributed by atoms with Gasteiger partial charge >= 0.3 is 5.97 Å². The van der Waals surface area contributed by atoms with E-state index in [1.807, 2.05) is 24.3 Å². The third-order valence-electron chi connectivity index (χ3n) is 4.09. The van der Waals surface area contributed by atoms with Crippen LogP contribution in [0.25, 0.3) is 6.08 Å². The highest BCUT2D eigenvalue weighted by atomic mass is 16.5. The lowest BCUT2D eigenvalue weighted by atomic mass is 10.1. The van der Waals surface area contributed by atoms with Gasteiger partial charge in [-0.3, -0.25) is 0 Å². The minimum atomic E-state index is -0.275. The molecule has 0 spiro atoms. The zero-order valence-corrected chi connectivity index (χ0v) is 15.1. The fourth-order valence-corrected chi connectivity index (χ4v) is 2.58. The van der Waals surface area contributed by atoms with Gasteiger partial charge in [0.1, 0.15) is 0 Å². The molecule has 2 N–H and O–H groups in total. The number of esters is 1. The first-order valence-electron chi connectivity index (χ1n) is 9.42. The standard InChI is InChI=1S/C21H33NO2/c1-2-3-4-5-6-7-8-9-10-11-18-24-21(23)17-14-19-12-15-20(22)16-13-19/h12-17H,2-11,18,22H2,1H3/b17-14+. The summed E-state index contributed by atoms with van der Waals surface area (Å²) >= 11 is 0. The van der Waals surface area contributed by atoms with Crippen LogP contribution < -0.4 is 5.73 Å². The number of benzene rings is 1. The molecule has 0 aromatic heterocycles. The molecule has 0 radical (unpaired) electrons. The molecule has 134 valence electrons. The highest BCUT2D eigenvalue weighted by Crippen LogP contribution is 2.11. The second-order valence-electron chi connectivity index (χ2n) is 6.35. The topological polar surface area (TPSA) is 52.3 Å². The minimum absolute atomic E-state index is 0.275. The number of hydrogen-bond donors (Lipinski definition) is 1. The summed E-state index contributed by atoms with van der Waals surface area (Å²) in [5, 5.41) is 0. The van der Waals surface area contributed by atoms with Gasteiger partial charge in [-0.25, -0.2) is 4.79 Å². The molecule has 0 unspecified atom stereocenters. The van der Waals surface area contributed by atoms with E-state index in [2.05, 4.69) is 6.92 Å². The predicted molar refractivity (Wildman–Crippen MR) is 103 cm³/mol. The van der Waals surface area contributed by atoms with E-state index in [1.165, 1.54) is 57.4 Å². The van der Waals surface area contributed by atoms with Crippen LogP contribution in [0.3, 0.4) is 0 Å². The van der Waals surface area contributed by atoms with Gasteiger partial charge in [-0.1, -0.05) is 76.8 Å². The van der Waals surface area contributed by atoms with E-state index < -0.39 is 0 Å². The highest BCUT2D eigenvalue weighted by Gasteiger charge is 1.98. The van der Waals surface area contributed by atoms with E-state index in [0.717, 1.165) is 24.1 Å². The summed E-state index contributed by atoms with van der Waals surface area (Å²) in [6.45, 7) is 2.77. The Bertz CT molecular complexity index is 465. The number of anilines is 1. The van der Waals surface area contributed by atoms with Gasteiger partial charge < -0.3 is 10.5 Å². The monoisotopic (exact) mass is 331 g/mol. The molecular weight excluding hydrogens is 298 g/mol. The van der Waals surface area contributed by atoms with Crippen molar-refractivity contribution in [2.24, 2.45) is 0 Å². The summed E-state index contributed by atoms with van der Waals surface area (Å²) in [5.41, 5.74) is 7.28. The molecular formula is C21H33NO2. The Kier molecular flexibility index (Phi) is 11.5. The molecule has 24 heavy (non-hydrogen) atoms. The SMILES string of the molecule is CCCCCCCCCCCCOC(=O)/C=C/c1ccc(N)cc1. The zero-order valence-electron chi connectivity index (χ0n) is 15.1. The molecule has 0 amide bonds. The van der Waals surface area contributed by atoms with Crippen molar-refractivity contribution in [3.8, 4) is 0 Å². The lowest BCUT2D eigenvalue weighted by Crippen LogP contribution is -2.02. The minimum Gasteiger partial charge on any atom is -0.463 e. The number of carbonyl (C=O) groups is 1. The molecule has 0 aliphatic heterocycles. The van der Waals surface area contributed by atoms with Crippen LogP contribution in [-0.4, -0.2) is 12.6 Å². The summed E-state index contributed by atoms with van der Waals surface area (Å²) in [7, 11) is 0. The van der Waals surface area contributed by atoms with E-state index in [-0.39, 0.29) is 5.97 Å². The summed E-state index contributed by atoms with van der Waals surface area (Å²) in [5.74, 6) is -0.275. The summed E-state index contributed by atoms with van der Waals surface area (Å²) in [6, 6.07) is 7.38. The van der Waals surface area contributed by atoms with Gasteiger partial charge in [0.2, 0.25) is 0 Å². The first-order chi connectivity index (χ1) is 11.7. The lowest BCUT2D eigenvalue weighted by molar-refractivity contribution is -0.137. The van der Waals surface area contributed by atoms with E-state index in [1.54, 1.807) is 6.08 Å². The van der Waals surface area contributed by atoms with Crippen LogP contribution in [0.4, 0.5) is 5.69 Å². The Morgan fingerprint density at radius 3 is 2.04 bits per heavy atom. The third-order valence-corrected chi connectivity index (χ3v) is 4.09. The lowest BCUT2D eigenvalue weighted by Gasteiger charge is -2.03. The van der Waals surface area contributed by atoms with Crippen molar-refractivity contribution in [3.05, 3.63) is 35.9 Å². The van der Waals surface area contributed by atoms with Gasteiger partial charge in [-0.05, 0) is 30.2 Å². The Morgan fingerprint density at radius 1 is 0.917 bits per heavy atom. The largest absolute Gasteiger partial charge is 0.463 e.